The van der Waals surface area contributed by atoms with Gasteiger partial charge in [-0.1, -0.05) is 12.1 Å². The van der Waals surface area contributed by atoms with Gasteiger partial charge >= 0.3 is 0 Å². The Bertz CT molecular complexity index is 927. The van der Waals surface area contributed by atoms with Crippen LogP contribution in [-0.4, -0.2) is 42.4 Å². The Labute approximate surface area is 187 Å². The first kappa shape index (κ1) is 22.5. The number of hydrogen-bond acceptors (Lipinski definition) is 5. The quantitative estimate of drug-likeness (QED) is 0.258. The van der Waals surface area contributed by atoms with Crippen LogP contribution >= 0.6 is 24.0 Å². The Morgan fingerprint density at radius 3 is 2.41 bits per heavy atom. The molecule has 0 saturated carbocycles. The lowest BCUT2D eigenvalue weighted by Gasteiger charge is -2.11. The van der Waals surface area contributed by atoms with E-state index >= 15 is 0 Å². The average Bonchev–Trinajstić information content (AvgIpc) is 3.23. The average molecular weight is 508 g/mol. The van der Waals surface area contributed by atoms with Crippen molar-refractivity contribution in [2.24, 2.45) is 4.99 Å². The van der Waals surface area contributed by atoms with Crippen LogP contribution in [0.4, 0.5) is 0 Å². The van der Waals surface area contributed by atoms with Crippen molar-refractivity contribution in [3.8, 4) is 22.9 Å². The zero-order chi connectivity index (χ0) is 19.8. The van der Waals surface area contributed by atoms with Crippen LogP contribution in [0.5, 0.6) is 11.5 Å². The fourth-order valence-corrected chi connectivity index (χ4v) is 2.60. The Hall–Kier alpha value is -2.82. The summed E-state index contributed by atoms with van der Waals surface area (Å²) in [7, 11) is 5.02. The van der Waals surface area contributed by atoms with Crippen LogP contribution in [0.2, 0.25) is 0 Å². The lowest BCUT2D eigenvalue weighted by Crippen LogP contribution is -2.36. The molecule has 154 valence electrons. The number of methoxy groups -OCH3 is 2. The van der Waals surface area contributed by atoms with Crippen LogP contribution in [0.1, 0.15) is 11.4 Å². The Morgan fingerprint density at radius 2 is 1.72 bits per heavy atom. The van der Waals surface area contributed by atoms with Crippen LogP contribution in [0.3, 0.4) is 0 Å². The lowest BCUT2D eigenvalue weighted by molar-refractivity contribution is 0.414. The number of rotatable bonds is 7. The summed E-state index contributed by atoms with van der Waals surface area (Å²) in [5.74, 6) is 3.65. The molecule has 3 N–H and O–H groups in total. The van der Waals surface area contributed by atoms with Crippen molar-refractivity contribution in [2.75, 3.05) is 21.3 Å². The maximum absolute atomic E-state index is 5.25. The summed E-state index contributed by atoms with van der Waals surface area (Å²) in [6.45, 7) is 1.10. The van der Waals surface area contributed by atoms with E-state index in [9.17, 15) is 0 Å². The minimum atomic E-state index is 0. The zero-order valence-corrected chi connectivity index (χ0v) is 18.9. The Kier molecular flexibility index (Phi) is 8.71. The molecule has 2 aromatic carbocycles. The van der Waals surface area contributed by atoms with E-state index in [4.69, 9.17) is 9.47 Å². The minimum absolute atomic E-state index is 0. The fraction of sp³-hybridized carbons (Fsp3) is 0.250. The highest BCUT2D eigenvalue weighted by molar-refractivity contribution is 14.0. The molecular formula is C20H25IN6O2. The molecule has 8 nitrogen and oxygen atoms in total. The van der Waals surface area contributed by atoms with Gasteiger partial charge in [-0.15, -0.1) is 24.0 Å². The molecule has 0 radical (unpaired) electrons. The van der Waals surface area contributed by atoms with Crippen LogP contribution in [-0.2, 0) is 13.1 Å². The molecule has 1 aromatic heterocycles. The number of benzene rings is 2. The molecule has 9 heteroatoms. The van der Waals surface area contributed by atoms with Gasteiger partial charge in [0, 0.05) is 19.2 Å². The predicted octanol–water partition coefficient (Wildman–Crippen LogP) is 2.97. The van der Waals surface area contributed by atoms with Crippen LogP contribution in [0.25, 0.3) is 11.4 Å². The smallest absolute Gasteiger partial charge is 0.191 e. The summed E-state index contributed by atoms with van der Waals surface area (Å²) < 4.78 is 10.4. The third-order valence-electron chi connectivity index (χ3n) is 4.12. The van der Waals surface area contributed by atoms with Gasteiger partial charge in [0.1, 0.15) is 17.3 Å². The number of aromatic amines is 1. The van der Waals surface area contributed by atoms with Crippen molar-refractivity contribution in [1.29, 1.82) is 0 Å². The molecule has 29 heavy (non-hydrogen) atoms. The van der Waals surface area contributed by atoms with E-state index in [1.807, 2.05) is 48.5 Å². The lowest BCUT2D eigenvalue weighted by atomic mass is 10.2. The number of nitrogens with zero attached hydrogens (tertiary/aromatic N) is 3. The number of H-pyrrole nitrogens is 1. The van der Waals surface area contributed by atoms with Crippen molar-refractivity contribution in [3.63, 3.8) is 0 Å². The molecular weight excluding hydrogens is 483 g/mol. The highest BCUT2D eigenvalue weighted by Crippen LogP contribution is 2.18. The number of nitrogens with one attached hydrogen (secondary N) is 3. The van der Waals surface area contributed by atoms with Gasteiger partial charge in [-0.2, -0.15) is 5.10 Å². The Morgan fingerprint density at radius 1 is 1.00 bits per heavy atom. The molecule has 0 aliphatic rings. The van der Waals surface area contributed by atoms with Crippen molar-refractivity contribution in [2.45, 2.75) is 13.1 Å². The molecule has 3 rings (SSSR count). The van der Waals surface area contributed by atoms with Gasteiger partial charge in [0.25, 0.3) is 0 Å². The van der Waals surface area contributed by atoms with Crippen LogP contribution in [0.15, 0.2) is 53.5 Å². The van der Waals surface area contributed by atoms with Gasteiger partial charge in [0.15, 0.2) is 11.8 Å². The van der Waals surface area contributed by atoms with E-state index in [0.717, 1.165) is 28.5 Å². The number of aromatic nitrogens is 3. The van der Waals surface area contributed by atoms with Gasteiger partial charge in [-0.3, -0.25) is 10.1 Å². The van der Waals surface area contributed by atoms with Gasteiger partial charge in [0.05, 0.1) is 20.8 Å². The standard InChI is InChI=1S/C20H24N6O2.HI/c1-21-20(22-12-14-5-4-6-17(11-14)28-3)23-13-18-24-19(26-25-18)15-7-9-16(27-2)10-8-15;/h4-11H,12-13H2,1-3H3,(H2,21,22,23)(H,24,25,26);1H. The topological polar surface area (TPSA) is 96.5 Å². The van der Waals surface area contributed by atoms with Crippen molar-refractivity contribution in [1.82, 2.24) is 25.8 Å². The minimum Gasteiger partial charge on any atom is -0.497 e. The monoisotopic (exact) mass is 508 g/mol. The summed E-state index contributed by atoms with van der Waals surface area (Å²) in [5, 5.41) is 13.7. The van der Waals surface area contributed by atoms with Crippen molar-refractivity contribution >= 4 is 29.9 Å². The van der Waals surface area contributed by atoms with Gasteiger partial charge < -0.3 is 20.1 Å². The second-order valence-electron chi connectivity index (χ2n) is 5.97. The third-order valence-corrected chi connectivity index (χ3v) is 4.12. The van der Waals surface area contributed by atoms with Gasteiger partial charge in [-0.05, 0) is 42.0 Å². The van der Waals surface area contributed by atoms with E-state index in [0.29, 0.717) is 24.9 Å². The largest absolute Gasteiger partial charge is 0.497 e. The second kappa shape index (κ2) is 11.2. The number of halogens is 1. The summed E-state index contributed by atoms with van der Waals surface area (Å²) in [5.41, 5.74) is 2.02. The molecule has 0 saturated heterocycles. The first-order valence-electron chi connectivity index (χ1n) is 8.85. The van der Waals surface area contributed by atoms with E-state index < -0.39 is 0 Å². The van der Waals surface area contributed by atoms with Crippen LogP contribution in [0, 0.1) is 0 Å². The van der Waals surface area contributed by atoms with Crippen molar-refractivity contribution < 1.29 is 9.47 Å². The summed E-state index contributed by atoms with van der Waals surface area (Å²) in [6.07, 6.45) is 0. The molecule has 0 aliphatic carbocycles. The molecule has 0 fully saturated rings. The Balaban J connectivity index is 0.00000300. The SMILES string of the molecule is CN=C(NCc1cccc(OC)c1)NCc1nc(-c2ccc(OC)cc2)n[nH]1.I. The van der Waals surface area contributed by atoms with E-state index in [1.54, 1.807) is 21.3 Å². The molecule has 3 aromatic rings. The molecule has 0 aliphatic heterocycles. The van der Waals surface area contributed by atoms with Gasteiger partial charge in [-0.25, -0.2) is 4.98 Å². The molecule has 0 atom stereocenters. The second-order valence-corrected chi connectivity index (χ2v) is 5.97. The molecule has 1 heterocycles. The number of guanidine groups is 1. The summed E-state index contributed by atoms with van der Waals surface area (Å²) >= 11 is 0. The van der Waals surface area contributed by atoms with Gasteiger partial charge in [0.2, 0.25) is 0 Å². The van der Waals surface area contributed by atoms with E-state index in [1.165, 1.54) is 0 Å². The maximum atomic E-state index is 5.25. The molecule has 0 amide bonds. The highest BCUT2D eigenvalue weighted by Gasteiger charge is 2.07. The maximum Gasteiger partial charge on any atom is 0.191 e. The third kappa shape index (κ3) is 6.34. The molecule has 0 unspecified atom stereocenters. The van der Waals surface area contributed by atoms with E-state index in [2.05, 4.69) is 30.8 Å². The number of hydrogen-bond donors (Lipinski definition) is 3. The zero-order valence-electron chi connectivity index (χ0n) is 16.6. The summed E-state index contributed by atoms with van der Waals surface area (Å²) in [6, 6.07) is 15.5. The van der Waals surface area contributed by atoms with Crippen LogP contribution < -0.4 is 20.1 Å². The number of ether oxygens (including phenoxy) is 2. The molecule has 0 bridgehead atoms. The summed E-state index contributed by atoms with van der Waals surface area (Å²) in [4.78, 5) is 8.75. The van der Waals surface area contributed by atoms with E-state index in [-0.39, 0.29) is 24.0 Å². The normalized spacial score (nSPS) is 10.8. The first-order valence-corrected chi connectivity index (χ1v) is 8.85. The highest BCUT2D eigenvalue weighted by atomic mass is 127. The van der Waals surface area contributed by atoms with Crippen molar-refractivity contribution in [3.05, 3.63) is 59.9 Å². The number of aliphatic imine (C=N–C) groups is 1. The first-order chi connectivity index (χ1) is 13.7. The fourth-order valence-electron chi connectivity index (χ4n) is 2.60. The molecule has 0 spiro atoms. The predicted molar refractivity (Wildman–Crippen MR) is 124 cm³/mol.